The lowest BCUT2D eigenvalue weighted by Crippen LogP contribution is -2.30. The summed E-state index contributed by atoms with van der Waals surface area (Å²) in [6, 6.07) is 0. The van der Waals surface area contributed by atoms with Crippen LogP contribution in [0.15, 0.2) is 85.1 Å². The lowest BCUT2D eigenvalue weighted by molar-refractivity contribution is -0.166. The number of hydrogen-bond acceptors (Lipinski definition) is 6. The van der Waals surface area contributed by atoms with Gasteiger partial charge in [-0.3, -0.25) is 14.4 Å². The maximum absolute atomic E-state index is 12.8. The van der Waals surface area contributed by atoms with Gasteiger partial charge in [-0.05, 0) is 96.3 Å². The molecule has 0 aliphatic rings. The van der Waals surface area contributed by atoms with Gasteiger partial charge < -0.3 is 14.2 Å². The Balaban J connectivity index is 4.48. The van der Waals surface area contributed by atoms with E-state index in [9.17, 15) is 14.4 Å². The average molecular weight is 849 g/mol. The Morgan fingerprint density at radius 2 is 0.672 bits per heavy atom. The van der Waals surface area contributed by atoms with E-state index in [1.165, 1.54) is 77.0 Å². The van der Waals surface area contributed by atoms with Crippen molar-refractivity contribution >= 4 is 17.9 Å². The largest absolute Gasteiger partial charge is 0.462 e. The topological polar surface area (TPSA) is 78.9 Å². The van der Waals surface area contributed by atoms with Crippen molar-refractivity contribution < 1.29 is 28.6 Å². The van der Waals surface area contributed by atoms with Crippen LogP contribution in [0.5, 0.6) is 0 Å². The average Bonchev–Trinajstić information content (AvgIpc) is 3.26. The maximum atomic E-state index is 12.8. The molecular formula is C55H92O6. The fourth-order valence-corrected chi connectivity index (χ4v) is 6.66. The summed E-state index contributed by atoms with van der Waals surface area (Å²) in [4.78, 5) is 37.9. The van der Waals surface area contributed by atoms with Gasteiger partial charge in [0.15, 0.2) is 6.10 Å². The Morgan fingerprint density at radius 3 is 1.10 bits per heavy atom. The summed E-state index contributed by atoms with van der Waals surface area (Å²) in [7, 11) is 0. The van der Waals surface area contributed by atoms with Crippen LogP contribution < -0.4 is 0 Å². The van der Waals surface area contributed by atoms with Gasteiger partial charge in [-0.2, -0.15) is 0 Å². The number of carbonyl (C=O) groups excluding carboxylic acids is 3. The molecule has 0 amide bonds. The molecule has 0 aromatic heterocycles. The van der Waals surface area contributed by atoms with E-state index < -0.39 is 6.10 Å². The van der Waals surface area contributed by atoms with Gasteiger partial charge in [-0.15, -0.1) is 0 Å². The zero-order chi connectivity index (χ0) is 44.4. The molecule has 0 N–H and O–H groups in total. The molecule has 0 aliphatic heterocycles. The van der Waals surface area contributed by atoms with Crippen molar-refractivity contribution in [1.82, 2.24) is 0 Å². The highest BCUT2D eigenvalue weighted by molar-refractivity contribution is 5.71. The normalized spacial score (nSPS) is 12.8. The van der Waals surface area contributed by atoms with Gasteiger partial charge in [-0.1, -0.05) is 196 Å². The van der Waals surface area contributed by atoms with Gasteiger partial charge >= 0.3 is 17.9 Å². The first-order chi connectivity index (χ1) is 30.0. The van der Waals surface area contributed by atoms with Crippen LogP contribution in [0.1, 0.15) is 226 Å². The molecule has 0 saturated heterocycles. The van der Waals surface area contributed by atoms with E-state index in [0.29, 0.717) is 19.3 Å². The Bertz CT molecular complexity index is 1200. The minimum absolute atomic E-state index is 0.104. The predicted molar refractivity (Wildman–Crippen MR) is 261 cm³/mol. The third-order valence-corrected chi connectivity index (χ3v) is 10.4. The second-order valence-electron chi connectivity index (χ2n) is 16.3. The fraction of sp³-hybridized carbons (Fsp3) is 0.691. The summed E-state index contributed by atoms with van der Waals surface area (Å²) in [5.41, 5.74) is 0. The van der Waals surface area contributed by atoms with Crippen molar-refractivity contribution in [2.24, 2.45) is 0 Å². The highest BCUT2D eigenvalue weighted by Gasteiger charge is 2.19. The fourth-order valence-electron chi connectivity index (χ4n) is 6.66. The minimum Gasteiger partial charge on any atom is -0.462 e. The summed E-state index contributed by atoms with van der Waals surface area (Å²) in [6.07, 6.45) is 62.9. The summed E-state index contributed by atoms with van der Waals surface area (Å²) < 4.78 is 16.7. The van der Waals surface area contributed by atoms with Gasteiger partial charge in [0.05, 0.1) is 0 Å². The van der Waals surface area contributed by atoms with Gasteiger partial charge in [0.1, 0.15) is 13.2 Å². The van der Waals surface area contributed by atoms with Crippen LogP contribution in [0.2, 0.25) is 0 Å². The van der Waals surface area contributed by atoms with Crippen molar-refractivity contribution in [3.05, 3.63) is 85.1 Å². The molecule has 0 aliphatic carbocycles. The number of allylic oxidation sites excluding steroid dienone is 14. The highest BCUT2D eigenvalue weighted by atomic mass is 16.6. The van der Waals surface area contributed by atoms with E-state index in [4.69, 9.17) is 14.2 Å². The van der Waals surface area contributed by atoms with E-state index in [1.807, 2.05) is 6.08 Å². The van der Waals surface area contributed by atoms with Crippen molar-refractivity contribution in [1.29, 1.82) is 0 Å². The minimum atomic E-state index is -0.808. The first-order valence-electron chi connectivity index (χ1n) is 25.1. The van der Waals surface area contributed by atoms with E-state index in [1.54, 1.807) is 0 Å². The van der Waals surface area contributed by atoms with Crippen LogP contribution in [0.3, 0.4) is 0 Å². The second-order valence-corrected chi connectivity index (χ2v) is 16.3. The van der Waals surface area contributed by atoms with E-state index >= 15 is 0 Å². The van der Waals surface area contributed by atoms with Crippen LogP contribution in [0.4, 0.5) is 0 Å². The van der Waals surface area contributed by atoms with Crippen LogP contribution in [-0.2, 0) is 28.6 Å². The maximum Gasteiger partial charge on any atom is 0.306 e. The molecule has 0 saturated carbocycles. The van der Waals surface area contributed by atoms with Crippen molar-refractivity contribution in [3.63, 3.8) is 0 Å². The molecule has 0 fully saturated rings. The van der Waals surface area contributed by atoms with Gasteiger partial charge in [0.2, 0.25) is 0 Å². The monoisotopic (exact) mass is 849 g/mol. The standard InChI is InChI=1S/C55H92O6/c1-4-7-10-13-16-19-22-25-27-28-31-33-36-39-42-45-48-54(57)60-51-52(50-59-53(56)47-44-41-38-35-32-29-24-21-18-15-12-9-6-3)61-55(58)49-46-43-40-37-34-30-26-23-20-17-14-11-8-5-2/h7-8,10-11,16-17,19-20,25,27,29,32,38,41,52H,4-6,9,12-15,18,21-24,26,28,30-31,33-37,39-40,42-51H2,1-3H3/b10-7-,11-8-,19-16-,20-17-,27-25-,32-29-,41-38-. The first-order valence-corrected chi connectivity index (χ1v) is 25.1. The molecule has 6 heteroatoms. The Morgan fingerprint density at radius 1 is 0.344 bits per heavy atom. The number of carbonyl (C=O) groups is 3. The highest BCUT2D eigenvalue weighted by Crippen LogP contribution is 2.13. The smallest absolute Gasteiger partial charge is 0.306 e. The van der Waals surface area contributed by atoms with Crippen LogP contribution >= 0.6 is 0 Å². The molecule has 1 unspecified atom stereocenters. The Hall–Kier alpha value is -3.41. The van der Waals surface area contributed by atoms with E-state index in [-0.39, 0.29) is 37.5 Å². The molecule has 0 rings (SSSR count). The lowest BCUT2D eigenvalue weighted by atomic mass is 10.1. The SMILES string of the molecule is CC/C=C\C/C=C\C/C=C\CCCCCCCCC(=O)OCC(COC(=O)CC/C=C\C/C=C\CCCCCCCC)OC(=O)CCCCCCCCC/C=C\C/C=C\CC. The Labute approximate surface area is 375 Å². The molecule has 0 aromatic rings. The number of rotatable bonds is 44. The quantitative estimate of drug-likeness (QED) is 0.0263. The van der Waals surface area contributed by atoms with Crippen molar-refractivity contribution in [3.8, 4) is 0 Å². The predicted octanol–water partition coefficient (Wildman–Crippen LogP) is 16.4. The van der Waals surface area contributed by atoms with Gasteiger partial charge in [0, 0.05) is 19.3 Å². The summed E-state index contributed by atoms with van der Waals surface area (Å²) in [5.74, 6) is -0.998. The first kappa shape index (κ1) is 57.6. The number of unbranched alkanes of at least 4 members (excludes halogenated alkanes) is 19. The van der Waals surface area contributed by atoms with Crippen molar-refractivity contribution in [2.75, 3.05) is 13.2 Å². The third kappa shape index (κ3) is 47.5. The Kier molecular flexibility index (Phi) is 46.5. The van der Waals surface area contributed by atoms with Gasteiger partial charge in [0.25, 0.3) is 0 Å². The second kappa shape index (κ2) is 49.2. The van der Waals surface area contributed by atoms with Crippen molar-refractivity contribution in [2.45, 2.75) is 232 Å². The zero-order valence-electron chi connectivity index (χ0n) is 39.7. The molecule has 6 nitrogen and oxygen atoms in total. The zero-order valence-corrected chi connectivity index (χ0v) is 39.7. The number of esters is 3. The molecular weight excluding hydrogens is 757 g/mol. The molecule has 1 atom stereocenters. The molecule has 0 radical (unpaired) electrons. The summed E-state index contributed by atoms with van der Waals surface area (Å²) >= 11 is 0. The third-order valence-electron chi connectivity index (χ3n) is 10.4. The van der Waals surface area contributed by atoms with Gasteiger partial charge in [-0.25, -0.2) is 0 Å². The summed E-state index contributed by atoms with van der Waals surface area (Å²) in [5, 5.41) is 0. The molecule has 0 aromatic carbocycles. The summed E-state index contributed by atoms with van der Waals surface area (Å²) in [6.45, 7) is 6.33. The van der Waals surface area contributed by atoms with E-state index in [0.717, 1.165) is 103 Å². The van der Waals surface area contributed by atoms with E-state index in [2.05, 4.69) is 99.8 Å². The van der Waals surface area contributed by atoms with Crippen LogP contribution in [-0.4, -0.2) is 37.2 Å². The number of hydrogen-bond donors (Lipinski definition) is 0. The van der Waals surface area contributed by atoms with Crippen LogP contribution in [0.25, 0.3) is 0 Å². The molecule has 0 bridgehead atoms. The molecule has 0 heterocycles. The lowest BCUT2D eigenvalue weighted by Gasteiger charge is -2.18. The molecule has 61 heavy (non-hydrogen) atoms. The molecule has 348 valence electrons. The van der Waals surface area contributed by atoms with Crippen LogP contribution in [0, 0.1) is 0 Å². The number of ether oxygens (including phenoxy) is 3. The molecule has 0 spiro atoms.